The van der Waals surface area contributed by atoms with Gasteiger partial charge in [0, 0.05) is 39.0 Å². The Morgan fingerprint density at radius 2 is 2.33 bits per heavy atom. The van der Waals surface area contributed by atoms with Gasteiger partial charge in [-0.25, -0.2) is 9.97 Å². The fourth-order valence-electron chi connectivity index (χ4n) is 2.94. The van der Waals surface area contributed by atoms with E-state index in [1.165, 1.54) is 11.3 Å². The fraction of sp³-hybridized carbons (Fsp3) is 0.533. The second kappa shape index (κ2) is 5.60. The maximum absolute atomic E-state index is 12.5. The van der Waals surface area contributed by atoms with Gasteiger partial charge in [-0.05, 0) is 26.2 Å². The van der Waals surface area contributed by atoms with E-state index in [1.807, 2.05) is 38.2 Å². The maximum Gasteiger partial charge on any atom is 0.265 e. The number of amides is 1. The highest BCUT2D eigenvalue weighted by molar-refractivity contribution is 7.13. The van der Waals surface area contributed by atoms with E-state index in [-0.39, 0.29) is 5.91 Å². The summed E-state index contributed by atoms with van der Waals surface area (Å²) < 4.78 is 2.20. The van der Waals surface area contributed by atoms with E-state index in [2.05, 4.69) is 14.5 Å². The third kappa shape index (κ3) is 2.85. The number of aromatic nitrogens is 3. The van der Waals surface area contributed by atoms with Crippen molar-refractivity contribution in [3.05, 3.63) is 33.8 Å². The Kier molecular flexibility index (Phi) is 3.80. The Hall–Kier alpha value is -1.69. The molecule has 0 N–H and O–H groups in total. The topological polar surface area (TPSA) is 51.0 Å². The van der Waals surface area contributed by atoms with E-state index < -0.39 is 0 Å². The van der Waals surface area contributed by atoms with Gasteiger partial charge in [0.1, 0.15) is 10.7 Å². The molecule has 0 spiro atoms. The SMILES string of the molecule is Cc1nc(C)c(C(=O)N(C)C[C@H]2CCn3ccnc3C2)s1. The van der Waals surface area contributed by atoms with Crippen LogP contribution in [0.4, 0.5) is 0 Å². The van der Waals surface area contributed by atoms with Gasteiger partial charge in [-0.1, -0.05) is 0 Å². The molecule has 2 aromatic heterocycles. The molecule has 1 aliphatic heterocycles. The Morgan fingerprint density at radius 3 is 3.05 bits per heavy atom. The largest absolute Gasteiger partial charge is 0.341 e. The summed E-state index contributed by atoms with van der Waals surface area (Å²) in [6, 6.07) is 0. The number of imidazole rings is 1. The molecule has 1 amide bonds. The summed E-state index contributed by atoms with van der Waals surface area (Å²) in [6.07, 6.45) is 5.94. The average molecular weight is 304 g/mol. The predicted octanol–water partition coefficient (Wildman–Crippen LogP) is 2.29. The van der Waals surface area contributed by atoms with Gasteiger partial charge >= 0.3 is 0 Å². The van der Waals surface area contributed by atoms with Crippen molar-refractivity contribution in [2.75, 3.05) is 13.6 Å². The van der Waals surface area contributed by atoms with E-state index in [0.29, 0.717) is 5.92 Å². The average Bonchev–Trinajstić information content (AvgIpc) is 3.03. The van der Waals surface area contributed by atoms with Crippen LogP contribution in [0.3, 0.4) is 0 Å². The highest BCUT2D eigenvalue weighted by Crippen LogP contribution is 2.22. The number of aryl methyl sites for hydroxylation is 3. The number of thiazole rings is 1. The number of rotatable bonds is 3. The summed E-state index contributed by atoms with van der Waals surface area (Å²) in [5.41, 5.74) is 0.841. The minimum Gasteiger partial charge on any atom is -0.341 e. The van der Waals surface area contributed by atoms with Crippen LogP contribution < -0.4 is 0 Å². The summed E-state index contributed by atoms with van der Waals surface area (Å²) in [5, 5.41) is 0.948. The Labute approximate surface area is 128 Å². The molecule has 1 atom stereocenters. The molecule has 5 nitrogen and oxygen atoms in total. The Morgan fingerprint density at radius 1 is 1.52 bits per heavy atom. The Balaban J connectivity index is 1.65. The van der Waals surface area contributed by atoms with Crippen molar-refractivity contribution >= 4 is 17.2 Å². The zero-order chi connectivity index (χ0) is 15.0. The second-order valence-electron chi connectivity index (χ2n) is 5.73. The summed E-state index contributed by atoms with van der Waals surface area (Å²) >= 11 is 1.48. The zero-order valence-corrected chi connectivity index (χ0v) is 13.5. The number of hydrogen-bond acceptors (Lipinski definition) is 4. The van der Waals surface area contributed by atoms with Crippen molar-refractivity contribution in [1.29, 1.82) is 0 Å². The molecule has 3 heterocycles. The lowest BCUT2D eigenvalue weighted by atomic mass is 9.97. The van der Waals surface area contributed by atoms with Crippen molar-refractivity contribution < 1.29 is 4.79 Å². The Bertz CT molecular complexity index is 660. The number of carbonyl (C=O) groups excluding carboxylic acids is 1. The molecule has 0 saturated heterocycles. The minimum atomic E-state index is 0.0898. The van der Waals surface area contributed by atoms with Gasteiger partial charge < -0.3 is 9.47 Å². The van der Waals surface area contributed by atoms with Crippen molar-refractivity contribution in [1.82, 2.24) is 19.4 Å². The minimum absolute atomic E-state index is 0.0898. The highest BCUT2D eigenvalue weighted by atomic mass is 32.1. The molecular formula is C15H20N4OS. The molecule has 2 aromatic rings. The number of nitrogens with zero attached hydrogens (tertiary/aromatic N) is 4. The van der Waals surface area contributed by atoms with E-state index >= 15 is 0 Å². The van der Waals surface area contributed by atoms with Crippen LogP contribution in [0.1, 0.15) is 32.6 Å². The van der Waals surface area contributed by atoms with Crippen molar-refractivity contribution in [3.8, 4) is 0 Å². The van der Waals surface area contributed by atoms with E-state index in [1.54, 1.807) is 0 Å². The first-order chi connectivity index (χ1) is 10.0. The third-order valence-corrected chi connectivity index (χ3v) is 5.09. The van der Waals surface area contributed by atoms with Gasteiger partial charge in [0.05, 0.1) is 10.7 Å². The molecule has 112 valence electrons. The molecular weight excluding hydrogens is 284 g/mol. The summed E-state index contributed by atoms with van der Waals surface area (Å²) in [4.78, 5) is 23.9. The lowest BCUT2D eigenvalue weighted by Crippen LogP contribution is -2.34. The van der Waals surface area contributed by atoms with E-state index in [0.717, 1.165) is 47.3 Å². The van der Waals surface area contributed by atoms with Crippen LogP contribution in [-0.2, 0) is 13.0 Å². The third-order valence-electron chi connectivity index (χ3n) is 4.03. The molecule has 0 saturated carbocycles. The van der Waals surface area contributed by atoms with Crippen molar-refractivity contribution in [3.63, 3.8) is 0 Å². The van der Waals surface area contributed by atoms with Crippen molar-refractivity contribution in [2.45, 2.75) is 33.2 Å². The number of carbonyl (C=O) groups is 1. The molecule has 6 heteroatoms. The summed E-state index contributed by atoms with van der Waals surface area (Å²) in [5.74, 6) is 1.71. The van der Waals surface area contributed by atoms with E-state index in [9.17, 15) is 4.79 Å². The molecule has 0 bridgehead atoms. The van der Waals surface area contributed by atoms with Gasteiger partial charge in [0.2, 0.25) is 0 Å². The molecule has 0 aliphatic carbocycles. The van der Waals surface area contributed by atoms with Gasteiger partial charge in [-0.2, -0.15) is 0 Å². The van der Waals surface area contributed by atoms with Crippen LogP contribution in [-0.4, -0.2) is 38.9 Å². The lowest BCUT2D eigenvalue weighted by molar-refractivity contribution is 0.0768. The molecule has 0 radical (unpaired) electrons. The van der Waals surface area contributed by atoms with Crippen LogP contribution in [0.25, 0.3) is 0 Å². The highest BCUT2D eigenvalue weighted by Gasteiger charge is 2.24. The molecule has 3 rings (SSSR count). The van der Waals surface area contributed by atoms with Crippen LogP contribution in [0.5, 0.6) is 0 Å². The predicted molar refractivity (Wildman–Crippen MR) is 82.6 cm³/mol. The maximum atomic E-state index is 12.5. The first-order valence-corrected chi connectivity index (χ1v) is 8.05. The standard InChI is InChI=1S/C15H20N4OS/c1-10-14(21-11(2)17-10)15(20)18(3)9-12-4-6-19-7-5-16-13(19)8-12/h5,7,12H,4,6,8-9H2,1-3H3/t12-/m0/s1. The van der Waals surface area contributed by atoms with Crippen LogP contribution in [0.15, 0.2) is 12.4 Å². The summed E-state index contributed by atoms with van der Waals surface area (Å²) in [6.45, 7) is 5.63. The van der Waals surface area contributed by atoms with Gasteiger partial charge in [-0.3, -0.25) is 4.79 Å². The van der Waals surface area contributed by atoms with Crippen molar-refractivity contribution in [2.24, 2.45) is 5.92 Å². The molecule has 0 aromatic carbocycles. The quantitative estimate of drug-likeness (QED) is 0.874. The van der Waals surface area contributed by atoms with Gasteiger partial charge in [0.15, 0.2) is 0 Å². The first kappa shape index (κ1) is 14.3. The van der Waals surface area contributed by atoms with Crippen LogP contribution in [0, 0.1) is 19.8 Å². The normalized spacial score (nSPS) is 17.6. The monoisotopic (exact) mass is 304 g/mol. The lowest BCUT2D eigenvalue weighted by Gasteiger charge is -2.27. The summed E-state index contributed by atoms with van der Waals surface area (Å²) in [7, 11) is 1.89. The van der Waals surface area contributed by atoms with Gasteiger partial charge in [0.25, 0.3) is 5.91 Å². The van der Waals surface area contributed by atoms with Crippen LogP contribution in [0.2, 0.25) is 0 Å². The van der Waals surface area contributed by atoms with Crippen LogP contribution >= 0.6 is 11.3 Å². The fourth-order valence-corrected chi connectivity index (χ4v) is 3.86. The molecule has 0 unspecified atom stereocenters. The second-order valence-corrected chi connectivity index (χ2v) is 6.93. The van der Waals surface area contributed by atoms with E-state index in [4.69, 9.17) is 0 Å². The molecule has 1 aliphatic rings. The molecule has 21 heavy (non-hydrogen) atoms. The molecule has 0 fully saturated rings. The number of hydrogen-bond donors (Lipinski definition) is 0. The smallest absolute Gasteiger partial charge is 0.265 e. The number of fused-ring (bicyclic) bond motifs is 1. The zero-order valence-electron chi connectivity index (χ0n) is 12.7. The van der Waals surface area contributed by atoms with Gasteiger partial charge in [-0.15, -0.1) is 11.3 Å². The first-order valence-electron chi connectivity index (χ1n) is 7.24.